The molecule has 29 heavy (non-hydrogen) atoms. The summed E-state index contributed by atoms with van der Waals surface area (Å²) in [5, 5.41) is 9.24. The summed E-state index contributed by atoms with van der Waals surface area (Å²) in [7, 11) is 1.92. The molecule has 3 aromatic rings. The maximum atomic E-state index is 12.8. The molecule has 0 radical (unpaired) electrons. The zero-order valence-corrected chi connectivity index (χ0v) is 17.2. The lowest BCUT2D eigenvalue weighted by molar-refractivity contribution is -0.128. The summed E-state index contributed by atoms with van der Waals surface area (Å²) in [4.78, 5) is 14.6. The highest BCUT2D eigenvalue weighted by Crippen LogP contribution is 2.33. The second kappa shape index (κ2) is 8.57. The number of fused-ring (bicyclic) bond motifs is 1. The van der Waals surface area contributed by atoms with Gasteiger partial charge in [-0.2, -0.15) is 0 Å². The lowest BCUT2D eigenvalue weighted by Gasteiger charge is -2.21. The molecule has 0 aliphatic carbocycles. The van der Waals surface area contributed by atoms with Crippen LogP contribution in [-0.4, -0.2) is 44.7 Å². The number of aromatic nitrogens is 3. The van der Waals surface area contributed by atoms with Gasteiger partial charge in [0.25, 0.3) is 0 Å². The number of carbonyl (C=O) groups is 1. The monoisotopic (exact) mass is 410 g/mol. The van der Waals surface area contributed by atoms with E-state index in [2.05, 4.69) is 10.2 Å². The van der Waals surface area contributed by atoms with E-state index >= 15 is 0 Å². The Morgan fingerprint density at radius 2 is 1.93 bits per heavy atom. The van der Waals surface area contributed by atoms with E-state index in [1.165, 1.54) is 11.8 Å². The van der Waals surface area contributed by atoms with Crippen LogP contribution in [0.4, 0.5) is 0 Å². The smallest absolute Gasteiger partial charge is 0.233 e. The molecule has 0 saturated heterocycles. The minimum atomic E-state index is 0.0550. The number of rotatable bonds is 7. The van der Waals surface area contributed by atoms with Gasteiger partial charge in [0.2, 0.25) is 12.7 Å². The Balaban J connectivity index is 1.39. The molecular weight excluding hydrogens is 388 g/mol. The topological polar surface area (TPSA) is 69.5 Å². The van der Waals surface area contributed by atoms with Gasteiger partial charge in [0.15, 0.2) is 22.5 Å². The molecule has 4 rings (SSSR count). The van der Waals surface area contributed by atoms with Gasteiger partial charge in [0.05, 0.1) is 5.75 Å². The van der Waals surface area contributed by atoms with Crippen LogP contribution < -0.4 is 9.47 Å². The summed E-state index contributed by atoms with van der Waals surface area (Å²) in [6.45, 7) is 3.38. The van der Waals surface area contributed by atoms with Crippen LogP contribution in [0.3, 0.4) is 0 Å². The Hall–Kier alpha value is -3.00. The van der Waals surface area contributed by atoms with E-state index in [1.54, 1.807) is 0 Å². The molecule has 0 saturated carbocycles. The third kappa shape index (κ3) is 4.22. The van der Waals surface area contributed by atoms with Crippen LogP contribution in [0.25, 0.3) is 11.4 Å². The Labute approximate surface area is 173 Å². The van der Waals surface area contributed by atoms with Crippen LogP contribution in [0.15, 0.2) is 53.7 Å². The molecule has 7 nitrogen and oxygen atoms in total. The fraction of sp³-hybridized carbons (Fsp3) is 0.286. The average molecular weight is 410 g/mol. The van der Waals surface area contributed by atoms with Crippen LogP contribution in [0.5, 0.6) is 11.5 Å². The van der Waals surface area contributed by atoms with Gasteiger partial charge in [0, 0.05) is 25.7 Å². The van der Waals surface area contributed by atoms with Gasteiger partial charge in [0.1, 0.15) is 0 Å². The number of hydrogen-bond donors (Lipinski definition) is 0. The summed E-state index contributed by atoms with van der Waals surface area (Å²) in [6.07, 6.45) is 0. The third-order valence-corrected chi connectivity index (χ3v) is 5.74. The molecule has 0 fully saturated rings. The number of carbonyl (C=O) groups excluding carboxylic acids is 1. The lowest BCUT2D eigenvalue weighted by Crippen LogP contribution is -2.31. The van der Waals surface area contributed by atoms with Crippen molar-refractivity contribution in [3.63, 3.8) is 0 Å². The van der Waals surface area contributed by atoms with Gasteiger partial charge >= 0.3 is 0 Å². The number of thioether (sulfide) groups is 1. The maximum absolute atomic E-state index is 12.8. The molecule has 0 atom stereocenters. The van der Waals surface area contributed by atoms with Crippen LogP contribution in [0, 0.1) is 0 Å². The van der Waals surface area contributed by atoms with Crippen molar-refractivity contribution >= 4 is 17.7 Å². The molecule has 1 aliphatic heterocycles. The second-order valence-corrected chi connectivity index (χ2v) is 7.56. The first-order valence-electron chi connectivity index (χ1n) is 9.39. The number of hydrogen-bond acceptors (Lipinski definition) is 6. The van der Waals surface area contributed by atoms with Gasteiger partial charge in [-0.3, -0.25) is 4.79 Å². The lowest BCUT2D eigenvalue weighted by atomic mass is 10.2. The zero-order chi connectivity index (χ0) is 20.2. The second-order valence-electron chi connectivity index (χ2n) is 6.62. The maximum Gasteiger partial charge on any atom is 0.233 e. The Morgan fingerprint density at radius 1 is 1.14 bits per heavy atom. The SMILES string of the molecule is CCN(Cc1ccc2c(c1)OCO2)C(=O)CSc1nnc(-c2ccccc2)n1C. The number of amides is 1. The third-order valence-electron chi connectivity index (χ3n) is 4.74. The summed E-state index contributed by atoms with van der Waals surface area (Å²) in [5.74, 6) is 2.62. The number of benzene rings is 2. The first kappa shape index (κ1) is 19.3. The van der Waals surface area contributed by atoms with Crippen molar-refractivity contribution in [3.8, 4) is 22.9 Å². The predicted molar refractivity (Wildman–Crippen MR) is 111 cm³/mol. The van der Waals surface area contributed by atoms with Crippen molar-refractivity contribution in [2.45, 2.75) is 18.6 Å². The van der Waals surface area contributed by atoms with Crippen molar-refractivity contribution in [3.05, 3.63) is 54.1 Å². The fourth-order valence-electron chi connectivity index (χ4n) is 3.13. The van der Waals surface area contributed by atoms with Crippen molar-refractivity contribution in [2.75, 3.05) is 19.1 Å². The highest BCUT2D eigenvalue weighted by Gasteiger charge is 2.18. The Bertz CT molecular complexity index is 1010. The van der Waals surface area contributed by atoms with Crippen molar-refractivity contribution in [1.82, 2.24) is 19.7 Å². The molecule has 2 aromatic carbocycles. The summed E-state index contributed by atoms with van der Waals surface area (Å²) >= 11 is 1.40. The summed E-state index contributed by atoms with van der Waals surface area (Å²) < 4.78 is 12.7. The van der Waals surface area contributed by atoms with Crippen molar-refractivity contribution in [2.24, 2.45) is 7.05 Å². The molecule has 2 heterocycles. The van der Waals surface area contributed by atoms with Crippen LogP contribution >= 0.6 is 11.8 Å². The predicted octanol–water partition coefficient (Wildman–Crippen LogP) is 3.35. The van der Waals surface area contributed by atoms with Gasteiger partial charge in [-0.05, 0) is 24.6 Å². The molecule has 1 aliphatic rings. The molecule has 8 heteroatoms. The van der Waals surface area contributed by atoms with Gasteiger partial charge in [-0.1, -0.05) is 48.2 Å². The molecule has 0 spiro atoms. The molecular formula is C21H22N4O3S. The molecule has 0 N–H and O–H groups in total. The largest absolute Gasteiger partial charge is 0.454 e. The average Bonchev–Trinajstić information content (AvgIpc) is 3.36. The number of nitrogens with zero attached hydrogens (tertiary/aromatic N) is 4. The minimum Gasteiger partial charge on any atom is -0.454 e. The summed E-state index contributed by atoms with van der Waals surface area (Å²) in [5.41, 5.74) is 2.01. The quantitative estimate of drug-likeness (QED) is 0.557. The molecule has 150 valence electrons. The fourth-order valence-corrected chi connectivity index (χ4v) is 3.95. The Morgan fingerprint density at radius 3 is 2.72 bits per heavy atom. The van der Waals surface area contributed by atoms with E-state index in [4.69, 9.17) is 9.47 Å². The standard InChI is InChI=1S/C21H22N4O3S/c1-3-25(12-15-9-10-17-18(11-15)28-14-27-17)19(26)13-29-21-23-22-20(24(21)2)16-7-5-4-6-8-16/h4-11H,3,12-14H2,1-2H3. The van der Waals surface area contributed by atoms with Gasteiger partial charge in [-0.15, -0.1) is 10.2 Å². The number of ether oxygens (including phenoxy) is 2. The van der Waals surface area contributed by atoms with E-state index in [0.717, 1.165) is 33.6 Å². The highest BCUT2D eigenvalue weighted by molar-refractivity contribution is 7.99. The molecule has 1 amide bonds. The van der Waals surface area contributed by atoms with E-state index in [1.807, 2.05) is 72.0 Å². The molecule has 0 bridgehead atoms. The van der Waals surface area contributed by atoms with Crippen LogP contribution in [-0.2, 0) is 18.4 Å². The van der Waals surface area contributed by atoms with Crippen molar-refractivity contribution in [1.29, 1.82) is 0 Å². The van der Waals surface area contributed by atoms with E-state index in [0.29, 0.717) is 18.8 Å². The van der Waals surface area contributed by atoms with Crippen LogP contribution in [0.2, 0.25) is 0 Å². The zero-order valence-electron chi connectivity index (χ0n) is 16.4. The molecule has 1 aromatic heterocycles. The van der Waals surface area contributed by atoms with Gasteiger partial charge in [-0.25, -0.2) is 0 Å². The van der Waals surface area contributed by atoms with Gasteiger partial charge < -0.3 is 18.9 Å². The van der Waals surface area contributed by atoms with E-state index in [-0.39, 0.29) is 12.7 Å². The highest BCUT2D eigenvalue weighted by atomic mass is 32.2. The normalized spacial score (nSPS) is 12.2. The first-order valence-corrected chi connectivity index (χ1v) is 10.4. The van der Waals surface area contributed by atoms with E-state index in [9.17, 15) is 4.79 Å². The minimum absolute atomic E-state index is 0.0550. The molecule has 0 unspecified atom stereocenters. The van der Waals surface area contributed by atoms with E-state index < -0.39 is 0 Å². The Kier molecular flexibility index (Phi) is 5.71. The first-order chi connectivity index (χ1) is 14.2. The van der Waals surface area contributed by atoms with Crippen LogP contribution in [0.1, 0.15) is 12.5 Å². The summed E-state index contributed by atoms with van der Waals surface area (Å²) in [6, 6.07) is 15.7. The van der Waals surface area contributed by atoms with Crippen molar-refractivity contribution < 1.29 is 14.3 Å².